The summed E-state index contributed by atoms with van der Waals surface area (Å²) < 4.78 is 0. The number of fused-ring (bicyclic) bond motifs is 10. The highest BCUT2D eigenvalue weighted by Gasteiger charge is 2.66. The van der Waals surface area contributed by atoms with Gasteiger partial charge < -0.3 is 20.4 Å². The number of aliphatic hydroxyl groups excluding tert-OH is 2. The van der Waals surface area contributed by atoms with Gasteiger partial charge in [0.25, 0.3) is 0 Å². The molecule has 0 spiro atoms. The van der Waals surface area contributed by atoms with Gasteiger partial charge in [0.05, 0.1) is 0 Å². The molecule has 0 aromatic heterocycles. The normalized spacial score (nSPS) is 55.6. The summed E-state index contributed by atoms with van der Waals surface area (Å²) >= 11 is 0. The van der Waals surface area contributed by atoms with Crippen LogP contribution in [-0.4, -0.2) is 33.0 Å². The predicted octanol–water partition coefficient (Wildman–Crippen LogP) is 6.74. The van der Waals surface area contributed by atoms with E-state index in [2.05, 4.69) is 0 Å². The van der Waals surface area contributed by atoms with Crippen LogP contribution < -0.4 is 0 Å². The summed E-state index contributed by atoms with van der Waals surface area (Å²) in [5.41, 5.74) is 0.461. The fraction of sp³-hybridized carbons (Fsp3) is 1.00. The van der Waals surface area contributed by atoms with Gasteiger partial charge in [0.15, 0.2) is 12.6 Å². The molecule has 8 fully saturated rings. The molecule has 4 nitrogen and oxygen atoms in total. The van der Waals surface area contributed by atoms with Crippen molar-refractivity contribution < 1.29 is 20.4 Å². The van der Waals surface area contributed by atoms with Crippen molar-refractivity contribution in [2.75, 3.05) is 0 Å². The van der Waals surface area contributed by atoms with Crippen LogP contribution in [0.1, 0.15) is 122 Å². The first-order valence-electron chi connectivity index (χ1n) is 18.2. The number of hydrogen-bond acceptors (Lipinski definition) is 4. The van der Waals surface area contributed by atoms with Gasteiger partial charge in [0, 0.05) is 11.8 Å². The third-order valence-corrected chi connectivity index (χ3v) is 16.2. The summed E-state index contributed by atoms with van der Waals surface area (Å²) in [6.07, 6.45) is 23.1. The molecular weight excluding hydrogens is 496 g/mol. The smallest absolute Gasteiger partial charge is 0.154 e. The van der Waals surface area contributed by atoms with Gasteiger partial charge in [-0.2, -0.15) is 0 Å². The number of hydrogen-bond donors (Lipinski definition) is 4. The van der Waals surface area contributed by atoms with Crippen molar-refractivity contribution in [2.24, 2.45) is 88.3 Å². The average Bonchev–Trinajstić information content (AvgIpc) is 3.65. The molecule has 8 rings (SSSR count). The third-order valence-electron chi connectivity index (χ3n) is 16.2. The molecule has 0 radical (unpaired) electrons. The van der Waals surface area contributed by atoms with Gasteiger partial charge in [-0.15, -0.1) is 0 Å². The molecule has 15 atom stereocenters. The molecule has 4 heteroatoms. The zero-order valence-electron chi connectivity index (χ0n) is 25.0. The Balaban J connectivity index is 1.22. The van der Waals surface area contributed by atoms with Crippen molar-refractivity contribution in [1.82, 2.24) is 0 Å². The molecule has 226 valence electrons. The molecular formula is C36H58O4. The standard InChI is InChI=1S/C36H58O4/c37-34(38)23-8-11-26-25(18-23)19-32(33-28-6-2-3-20(28)7-12-29(26)33)36-16-15-21-4-1-5-27(21)31(36)14-9-22-17-24(35(39)40)10-13-30(22)36/h20-35,37-40H,1-19H2/t20?,21-,22?,23?,24?,25?,26?,27+,28?,29?,30-,31-,32?,33?,36?/m0/s1. The summed E-state index contributed by atoms with van der Waals surface area (Å²) in [7, 11) is 0. The molecule has 0 aromatic carbocycles. The maximum atomic E-state index is 10.3. The number of rotatable bonds is 3. The minimum atomic E-state index is -1.14. The molecule has 8 aliphatic rings. The monoisotopic (exact) mass is 554 g/mol. The minimum Gasteiger partial charge on any atom is -0.368 e. The second-order valence-corrected chi connectivity index (χ2v) is 17.0. The Hall–Kier alpha value is -0.160. The molecule has 0 aliphatic heterocycles. The van der Waals surface area contributed by atoms with Crippen LogP contribution in [-0.2, 0) is 0 Å². The summed E-state index contributed by atoms with van der Waals surface area (Å²) in [5, 5.41) is 40.9. The second-order valence-electron chi connectivity index (χ2n) is 17.0. The molecule has 0 bridgehead atoms. The van der Waals surface area contributed by atoms with E-state index in [-0.39, 0.29) is 11.8 Å². The predicted molar refractivity (Wildman–Crippen MR) is 155 cm³/mol. The van der Waals surface area contributed by atoms with E-state index in [1.807, 2.05) is 0 Å². The second kappa shape index (κ2) is 10.5. The lowest BCUT2D eigenvalue weighted by Crippen LogP contribution is -2.62. The van der Waals surface area contributed by atoms with Crippen LogP contribution >= 0.6 is 0 Å². The molecule has 0 heterocycles. The SMILES string of the molecule is OC(O)C1CCC2C(C1)CC(C13CC[C@@H]4CCC[C@H]4[C@@H]1CCC1CC(C(O)O)CC[C@@H]13)C1C3CCCC3CCC21. The van der Waals surface area contributed by atoms with E-state index in [4.69, 9.17) is 0 Å². The molecule has 0 amide bonds. The summed E-state index contributed by atoms with van der Waals surface area (Å²) in [4.78, 5) is 0. The first-order valence-corrected chi connectivity index (χ1v) is 18.2. The molecule has 40 heavy (non-hydrogen) atoms. The lowest BCUT2D eigenvalue weighted by molar-refractivity contribution is -0.213. The van der Waals surface area contributed by atoms with E-state index in [9.17, 15) is 20.4 Å². The van der Waals surface area contributed by atoms with Crippen LogP contribution in [0.4, 0.5) is 0 Å². The molecule has 4 N–H and O–H groups in total. The van der Waals surface area contributed by atoms with Gasteiger partial charge in [0.1, 0.15) is 0 Å². The lowest BCUT2D eigenvalue weighted by Gasteiger charge is -2.69. The quantitative estimate of drug-likeness (QED) is 0.291. The molecule has 8 aliphatic carbocycles. The first kappa shape index (κ1) is 27.4. The zero-order valence-corrected chi connectivity index (χ0v) is 25.0. The van der Waals surface area contributed by atoms with Crippen molar-refractivity contribution in [2.45, 2.75) is 135 Å². The van der Waals surface area contributed by atoms with Crippen LogP contribution in [0.2, 0.25) is 0 Å². The maximum absolute atomic E-state index is 10.3. The average molecular weight is 555 g/mol. The van der Waals surface area contributed by atoms with E-state index in [1.165, 1.54) is 96.3 Å². The van der Waals surface area contributed by atoms with Crippen molar-refractivity contribution in [1.29, 1.82) is 0 Å². The largest absolute Gasteiger partial charge is 0.368 e. The molecule has 8 saturated carbocycles. The maximum Gasteiger partial charge on any atom is 0.154 e. The summed E-state index contributed by atoms with van der Waals surface area (Å²) in [6.45, 7) is 0. The van der Waals surface area contributed by atoms with Crippen LogP contribution in [0, 0.1) is 88.3 Å². The minimum absolute atomic E-state index is 0.0835. The lowest BCUT2D eigenvalue weighted by atomic mass is 9.36. The van der Waals surface area contributed by atoms with Crippen LogP contribution in [0.5, 0.6) is 0 Å². The fourth-order valence-corrected chi connectivity index (χ4v) is 15.1. The van der Waals surface area contributed by atoms with Gasteiger partial charge in [-0.1, -0.05) is 25.7 Å². The van der Waals surface area contributed by atoms with E-state index >= 15 is 0 Å². The summed E-state index contributed by atoms with van der Waals surface area (Å²) in [6, 6.07) is 0. The van der Waals surface area contributed by atoms with E-state index in [1.54, 1.807) is 0 Å². The fourth-order valence-electron chi connectivity index (χ4n) is 15.1. The molecule has 11 unspecified atom stereocenters. The van der Waals surface area contributed by atoms with E-state index in [0.29, 0.717) is 17.3 Å². The Morgan fingerprint density at radius 3 is 1.82 bits per heavy atom. The van der Waals surface area contributed by atoms with Gasteiger partial charge in [0.2, 0.25) is 0 Å². The van der Waals surface area contributed by atoms with Crippen LogP contribution in [0.15, 0.2) is 0 Å². The Kier molecular flexibility index (Phi) is 7.18. The highest BCUT2D eigenvalue weighted by molar-refractivity contribution is 5.14. The van der Waals surface area contributed by atoms with Gasteiger partial charge in [-0.05, 0) is 173 Å². The van der Waals surface area contributed by atoms with E-state index in [0.717, 1.165) is 84.9 Å². The van der Waals surface area contributed by atoms with Crippen molar-refractivity contribution in [3.63, 3.8) is 0 Å². The Morgan fingerprint density at radius 2 is 1.05 bits per heavy atom. The Morgan fingerprint density at radius 1 is 0.425 bits per heavy atom. The van der Waals surface area contributed by atoms with Crippen molar-refractivity contribution in [3.8, 4) is 0 Å². The highest BCUT2D eigenvalue weighted by atomic mass is 16.5. The number of aliphatic hydroxyl groups is 4. The van der Waals surface area contributed by atoms with E-state index < -0.39 is 12.6 Å². The Bertz CT molecular complexity index is 918. The zero-order chi connectivity index (χ0) is 27.2. The van der Waals surface area contributed by atoms with Gasteiger partial charge in [-0.25, -0.2) is 0 Å². The summed E-state index contributed by atoms with van der Waals surface area (Å²) in [5.74, 6) is 10.6. The van der Waals surface area contributed by atoms with Gasteiger partial charge >= 0.3 is 0 Å². The van der Waals surface area contributed by atoms with Gasteiger partial charge in [-0.3, -0.25) is 0 Å². The van der Waals surface area contributed by atoms with Crippen molar-refractivity contribution in [3.05, 3.63) is 0 Å². The molecule has 0 aromatic rings. The van der Waals surface area contributed by atoms with Crippen molar-refractivity contribution >= 4 is 0 Å². The first-order chi connectivity index (χ1) is 19.5. The Labute approximate surface area is 243 Å². The topological polar surface area (TPSA) is 80.9 Å². The highest BCUT2D eigenvalue weighted by Crippen LogP contribution is 2.73. The molecule has 0 saturated heterocycles. The third kappa shape index (κ3) is 4.11. The van der Waals surface area contributed by atoms with Crippen LogP contribution in [0.3, 0.4) is 0 Å². The van der Waals surface area contributed by atoms with Crippen LogP contribution in [0.25, 0.3) is 0 Å².